The zero-order valence-corrected chi connectivity index (χ0v) is 13.9. The Hall–Kier alpha value is -2.69. The Balaban J connectivity index is 2.08. The molecule has 6 nitrogen and oxygen atoms in total. The van der Waals surface area contributed by atoms with Crippen molar-refractivity contribution in [2.75, 3.05) is 11.9 Å². The van der Waals surface area contributed by atoms with Crippen LogP contribution in [0.25, 0.3) is 0 Å². The Kier molecular flexibility index (Phi) is 5.68. The second kappa shape index (κ2) is 7.73. The molecule has 0 fully saturated rings. The van der Waals surface area contributed by atoms with Gasteiger partial charge in [-0.3, -0.25) is 4.79 Å². The third-order valence-corrected chi connectivity index (χ3v) is 4.71. The smallest absolute Gasteiger partial charge is 0.255 e. The number of carbonyl (C=O) groups excluding carboxylic acids is 1. The molecule has 0 aromatic heterocycles. The van der Waals surface area contributed by atoms with Crippen LogP contribution in [0.5, 0.6) is 0 Å². The molecule has 0 radical (unpaired) electrons. The first-order valence-electron chi connectivity index (χ1n) is 7.27. The van der Waals surface area contributed by atoms with Crippen LogP contribution < -0.4 is 10.0 Å². The van der Waals surface area contributed by atoms with Crippen LogP contribution >= 0.6 is 0 Å². The highest BCUT2D eigenvalue weighted by Gasteiger charge is 2.14. The number of sulfonamides is 1. The van der Waals surface area contributed by atoms with E-state index in [4.69, 9.17) is 5.26 Å². The van der Waals surface area contributed by atoms with Gasteiger partial charge in [-0.2, -0.15) is 5.26 Å². The highest BCUT2D eigenvalue weighted by molar-refractivity contribution is 7.89. The Labute approximate surface area is 141 Å². The predicted molar refractivity (Wildman–Crippen MR) is 91.0 cm³/mol. The molecule has 0 unspecified atom stereocenters. The molecule has 0 aliphatic carbocycles. The summed E-state index contributed by atoms with van der Waals surface area (Å²) in [5.41, 5.74) is 2.06. The normalized spacial score (nSPS) is 10.8. The second-order valence-electron chi connectivity index (χ2n) is 5.15. The van der Waals surface area contributed by atoms with E-state index in [1.165, 1.54) is 24.3 Å². The standard InChI is InChI=1S/C17H17N3O3S/c1-13-4-2-5-15(12-13)20-17(21)14-6-8-16(9-7-14)24(22,23)19-11-3-10-18/h2,4-9,12,19H,3,11H2,1H3,(H,20,21). The van der Waals surface area contributed by atoms with E-state index in [1.54, 1.807) is 6.07 Å². The zero-order valence-electron chi connectivity index (χ0n) is 13.1. The van der Waals surface area contributed by atoms with E-state index in [2.05, 4.69) is 10.0 Å². The van der Waals surface area contributed by atoms with E-state index in [-0.39, 0.29) is 23.8 Å². The van der Waals surface area contributed by atoms with Gasteiger partial charge in [0.15, 0.2) is 0 Å². The number of nitrogens with zero attached hydrogens (tertiary/aromatic N) is 1. The summed E-state index contributed by atoms with van der Waals surface area (Å²) in [6.45, 7) is 1.98. The fraction of sp³-hybridized carbons (Fsp3) is 0.176. The molecule has 0 saturated carbocycles. The van der Waals surface area contributed by atoms with E-state index in [0.29, 0.717) is 11.3 Å². The average molecular weight is 343 g/mol. The minimum Gasteiger partial charge on any atom is -0.322 e. The molecule has 0 spiro atoms. The number of nitriles is 1. The molecule has 2 N–H and O–H groups in total. The van der Waals surface area contributed by atoms with Crippen molar-refractivity contribution in [2.45, 2.75) is 18.2 Å². The lowest BCUT2D eigenvalue weighted by Crippen LogP contribution is -2.24. The van der Waals surface area contributed by atoms with Crippen molar-refractivity contribution >= 4 is 21.6 Å². The molecular weight excluding hydrogens is 326 g/mol. The van der Waals surface area contributed by atoms with E-state index in [0.717, 1.165) is 5.56 Å². The molecule has 124 valence electrons. The maximum Gasteiger partial charge on any atom is 0.255 e. The number of nitrogens with one attached hydrogen (secondary N) is 2. The quantitative estimate of drug-likeness (QED) is 0.787. The first-order valence-corrected chi connectivity index (χ1v) is 8.75. The molecule has 24 heavy (non-hydrogen) atoms. The molecule has 7 heteroatoms. The van der Waals surface area contributed by atoms with Crippen LogP contribution in [0.3, 0.4) is 0 Å². The van der Waals surface area contributed by atoms with Gasteiger partial charge in [-0.25, -0.2) is 13.1 Å². The Morgan fingerprint density at radius 2 is 1.88 bits per heavy atom. The minimum absolute atomic E-state index is 0.0487. The minimum atomic E-state index is -3.67. The number of hydrogen-bond acceptors (Lipinski definition) is 4. The van der Waals surface area contributed by atoms with Crippen LogP contribution in [-0.2, 0) is 10.0 Å². The fourth-order valence-corrected chi connectivity index (χ4v) is 3.07. The summed E-state index contributed by atoms with van der Waals surface area (Å²) < 4.78 is 26.3. The zero-order chi connectivity index (χ0) is 17.6. The highest BCUT2D eigenvalue weighted by atomic mass is 32.2. The van der Waals surface area contributed by atoms with Gasteiger partial charge in [0.25, 0.3) is 5.91 Å². The van der Waals surface area contributed by atoms with Gasteiger partial charge in [-0.1, -0.05) is 12.1 Å². The van der Waals surface area contributed by atoms with Crippen LogP contribution in [0.1, 0.15) is 22.3 Å². The van der Waals surface area contributed by atoms with Gasteiger partial charge in [-0.15, -0.1) is 0 Å². The molecule has 2 aromatic rings. The summed E-state index contributed by atoms with van der Waals surface area (Å²) in [5.74, 6) is -0.318. The molecule has 0 heterocycles. The Morgan fingerprint density at radius 3 is 2.50 bits per heavy atom. The van der Waals surface area contributed by atoms with Crippen molar-refractivity contribution in [1.82, 2.24) is 4.72 Å². The number of amides is 1. The predicted octanol–water partition coefficient (Wildman–Crippen LogP) is 2.44. The van der Waals surface area contributed by atoms with Crippen molar-refractivity contribution in [1.29, 1.82) is 5.26 Å². The molecule has 0 aliphatic rings. The molecule has 0 bridgehead atoms. The van der Waals surface area contributed by atoms with Crippen LogP contribution in [0.15, 0.2) is 53.4 Å². The van der Waals surface area contributed by atoms with E-state index < -0.39 is 10.0 Å². The maximum atomic E-state index is 12.2. The number of hydrogen-bond donors (Lipinski definition) is 2. The summed E-state index contributed by atoms with van der Waals surface area (Å²) >= 11 is 0. The lowest BCUT2D eigenvalue weighted by atomic mass is 10.2. The van der Waals surface area contributed by atoms with Gasteiger partial charge < -0.3 is 5.32 Å². The average Bonchev–Trinajstić information content (AvgIpc) is 2.55. The van der Waals surface area contributed by atoms with E-state index in [9.17, 15) is 13.2 Å². The molecule has 0 aliphatic heterocycles. The number of carbonyl (C=O) groups is 1. The third-order valence-electron chi connectivity index (χ3n) is 3.23. The third kappa shape index (κ3) is 4.65. The highest BCUT2D eigenvalue weighted by Crippen LogP contribution is 2.14. The van der Waals surface area contributed by atoms with Gasteiger partial charge in [0.2, 0.25) is 10.0 Å². The van der Waals surface area contributed by atoms with Crippen molar-refractivity contribution in [3.05, 3.63) is 59.7 Å². The van der Waals surface area contributed by atoms with Crippen molar-refractivity contribution in [2.24, 2.45) is 0 Å². The van der Waals surface area contributed by atoms with Gasteiger partial charge in [0.1, 0.15) is 0 Å². The Bertz CT molecular complexity index is 869. The van der Waals surface area contributed by atoms with Gasteiger partial charge in [0.05, 0.1) is 11.0 Å². The van der Waals surface area contributed by atoms with Crippen molar-refractivity contribution < 1.29 is 13.2 Å². The second-order valence-corrected chi connectivity index (χ2v) is 6.92. The Morgan fingerprint density at radius 1 is 1.17 bits per heavy atom. The number of aryl methyl sites for hydroxylation is 1. The first-order chi connectivity index (χ1) is 11.4. The monoisotopic (exact) mass is 343 g/mol. The number of benzene rings is 2. The van der Waals surface area contributed by atoms with E-state index in [1.807, 2.05) is 31.2 Å². The fourth-order valence-electron chi connectivity index (χ4n) is 2.04. The van der Waals surface area contributed by atoms with E-state index >= 15 is 0 Å². The summed E-state index contributed by atoms with van der Waals surface area (Å²) in [4.78, 5) is 12.2. The first kappa shape index (κ1) is 17.7. The summed E-state index contributed by atoms with van der Waals surface area (Å²) in [6, 6.07) is 14.9. The molecular formula is C17H17N3O3S. The lowest BCUT2D eigenvalue weighted by molar-refractivity contribution is 0.102. The number of anilines is 1. The summed E-state index contributed by atoms with van der Waals surface area (Å²) in [7, 11) is -3.67. The van der Waals surface area contributed by atoms with Crippen LogP contribution in [0.4, 0.5) is 5.69 Å². The molecule has 1 amide bonds. The number of rotatable bonds is 6. The molecule has 2 aromatic carbocycles. The van der Waals surface area contributed by atoms with Crippen molar-refractivity contribution in [3.8, 4) is 6.07 Å². The van der Waals surface area contributed by atoms with Crippen LogP contribution in [0.2, 0.25) is 0 Å². The molecule has 0 atom stereocenters. The van der Waals surface area contributed by atoms with Gasteiger partial charge >= 0.3 is 0 Å². The largest absolute Gasteiger partial charge is 0.322 e. The van der Waals surface area contributed by atoms with Crippen LogP contribution in [-0.4, -0.2) is 20.9 Å². The topological polar surface area (TPSA) is 99.1 Å². The summed E-state index contributed by atoms with van der Waals surface area (Å²) in [6.07, 6.45) is 0.0935. The van der Waals surface area contributed by atoms with Gasteiger partial charge in [-0.05, 0) is 48.9 Å². The maximum absolute atomic E-state index is 12.2. The SMILES string of the molecule is Cc1cccc(NC(=O)c2ccc(S(=O)(=O)NCCC#N)cc2)c1. The lowest BCUT2D eigenvalue weighted by Gasteiger charge is -2.08. The van der Waals surface area contributed by atoms with Crippen LogP contribution in [0, 0.1) is 18.3 Å². The molecule has 2 rings (SSSR count). The summed E-state index contributed by atoms with van der Waals surface area (Å²) in [5, 5.41) is 11.2. The van der Waals surface area contributed by atoms with Gasteiger partial charge in [0, 0.05) is 24.2 Å². The van der Waals surface area contributed by atoms with Crippen molar-refractivity contribution in [3.63, 3.8) is 0 Å². The molecule has 0 saturated heterocycles.